The maximum absolute atomic E-state index is 11.3. The fourth-order valence-electron chi connectivity index (χ4n) is 2.43. The Morgan fingerprint density at radius 1 is 1.47 bits per heavy atom. The molecule has 0 bridgehead atoms. The van der Waals surface area contributed by atoms with Gasteiger partial charge in [0.1, 0.15) is 0 Å². The third-order valence-electron chi connectivity index (χ3n) is 3.37. The summed E-state index contributed by atoms with van der Waals surface area (Å²) in [7, 11) is 0. The van der Waals surface area contributed by atoms with E-state index in [1.807, 2.05) is 18.2 Å². The van der Waals surface area contributed by atoms with Crippen LogP contribution in [0.5, 0.6) is 0 Å². The first-order valence-corrected chi connectivity index (χ1v) is 5.95. The molecule has 4 heteroatoms. The van der Waals surface area contributed by atoms with E-state index in [0.29, 0.717) is 12.1 Å². The van der Waals surface area contributed by atoms with Gasteiger partial charge in [0.15, 0.2) is 0 Å². The second kappa shape index (κ2) is 5.29. The number of benzene rings is 1. The molecule has 1 aromatic rings. The summed E-state index contributed by atoms with van der Waals surface area (Å²) < 4.78 is 0. The molecule has 1 fully saturated rings. The molecular weight excluding hydrogens is 216 g/mol. The van der Waals surface area contributed by atoms with Crippen LogP contribution < -0.4 is 5.73 Å². The summed E-state index contributed by atoms with van der Waals surface area (Å²) in [5, 5.41) is 9.26. The minimum Gasteiger partial charge on any atom is -0.395 e. The SMILES string of the molecule is NC(=O)c1ccccc1CN1CCC[C@@H]1CO. The van der Waals surface area contributed by atoms with Gasteiger partial charge in [-0.05, 0) is 31.0 Å². The van der Waals surface area contributed by atoms with Crippen molar-refractivity contribution in [2.24, 2.45) is 5.73 Å². The normalized spacial score (nSPS) is 20.6. The highest BCUT2D eigenvalue weighted by Gasteiger charge is 2.24. The molecule has 2 rings (SSSR count). The Hall–Kier alpha value is -1.39. The Labute approximate surface area is 101 Å². The van der Waals surface area contributed by atoms with Gasteiger partial charge in [-0.25, -0.2) is 0 Å². The maximum Gasteiger partial charge on any atom is 0.249 e. The number of carbonyl (C=O) groups is 1. The van der Waals surface area contributed by atoms with Gasteiger partial charge in [-0.3, -0.25) is 9.69 Å². The van der Waals surface area contributed by atoms with Crippen LogP contribution in [0.15, 0.2) is 24.3 Å². The Balaban J connectivity index is 2.15. The average molecular weight is 234 g/mol. The van der Waals surface area contributed by atoms with Crippen molar-refractivity contribution in [1.82, 2.24) is 4.90 Å². The average Bonchev–Trinajstić information content (AvgIpc) is 2.77. The quantitative estimate of drug-likeness (QED) is 0.807. The number of carbonyl (C=O) groups excluding carboxylic acids is 1. The Morgan fingerprint density at radius 3 is 2.94 bits per heavy atom. The van der Waals surface area contributed by atoms with E-state index in [9.17, 15) is 9.90 Å². The van der Waals surface area contributed by atoms with Gasteiger partial charge in [0.2, 0.25) is 5.91 Å². The summed E-state index contributed by atoms with van der Waals surface area (Å²) in [4.78, 5) is 13.5. The molecule has 0 radical (unpaired) electrons. The minimum atomic E-state index is -0.389. The van der Waals surface area contributed by atoms with Crippen LogP contribution in [0, 0.1) is 0 Å². The lowest BCUT2D eigenvalue weighted by Crippen LogP contribution is -2.32. The first-order chi connectivity index (χ1) is 8.22. The molecule has 92 valence electrons. The van der Waals surface area contributed by atoms with Crippen LogP contribution in [0.4, 0.5) is 0 Å². The van der Waals surface area contributed by atoms with Crippen molar-refractivity contribution in [3.8, 4) is 0 Å². The summed E-state index contributed by atoms with van der Waals surface area (Å²) in [6, 6.07) is 7.62. The number of likely N-dealkylation sites (tertiary alicyclic amines) is 1. The molecule has 1 atom stereocenters. The number of hydrogen-bond acceptors (Lipinski definition) is 3. The summed E-state index contributed by atoms with van der Waals surface area (Å²) in [5.74, 6) is -0.389. The number of rotatable bonds is 4. The van der Waals surface area contributed by atoms with Crippen molar-refractivity contribution in [1.29, 1.82) is 0 Å². The molecular formula is C13H18N2O2. The number of hydrogen-bond donors (Lipinski definition) is 2. The predicted octanol–water partition coefficient (Wildman–Crippen LogP) is 0.742. The topological polar surface area (TPSA) is 66.6 Å². The van der Waals surface area contributed by atoms with Crippen molar-refractivity contribution in [2.75, 3.05) is 13.2 Å². The van der Waals surface area contributed by atoms with Crippen LogP contribution in [0.3, 0.4) is 0 Å². The molecule has 1 heterocycles. The smallest absolute Gasteiger partial charge is 0.249 e. The first-order valence-electron chi connectivity index (χ1n) is 5.95. The molecule has 1 aliphatic rings. The van der Waals surface area contributed by atoms with Crippen LogP contribution in [-0.4, -0.2) is 35.1 Å². The predicted molar refractivity (Wildman–Crippen MR) is 65.5 cm³/mol. The molecule has 1 aliphatic heterocycles. The van der Waals surface area contributed by atoms with E-state index in [1.165, 1.54) is 0 Å². The standard InChI is InChI=1S/C13H18N2O2/c14-13(17)12-6-2-1-4-10(12)8-15-7-3-5-11(15)9-16/h1-2,4,6,11,16H,3,5,7-9H2,(H2,14,17)/t11-/m1/s1. The van der Waals surface area contributed by atoms with Gasteiger partial charge in [0, 0.05) is 18.2 Å². The van der Waals surface area contributed by atoms with Crippen LogP contribution in [0.1, 0.15) is 28.8 Å². The fraction of sp³-hybridized carbons (Fsp3) is 0.462. The van der Waals surface area contributed by atoms with Crippen molar-refractivity contribution in [3.05, 3.63) is 35.4 Å². The molecule has 0 unspecified atom stereocenters. The van der Waals surface area contributed by atoms with E-state index in [1.54, 1.807) is 6.07 Å². The largest absolute Gasteiger partial charge is 0.395 e. The second-order valence-corrected chi connectivity index (χ2v) is 4.47. The number of aliphatic hydroxyl groups is 1. The minimum absolute atomic E-state index is 0.179. The lowest BCUT2D eigenvalue weighted by Gasteiger charge is -2.23. The highest BCUT2D eigenvalue weighted by Crippen LogP contribution is 2.21. The van der Waals surface area contributed by atoms with Crippen molar-refractivity contribution in [2.45, 2.75) is 25.4 Å². The lowest BCUT2D eigenvalue weighted by molar-refractivity contribution is 0.0997. The Morgan fingerprint density at radius 2 is 2.24 bits per heavy atom. The molecule has 0 saturated carbocycles. The van der Waals surface area contributed by atoms with Crippen LogP contribution in [0.25, 0.3) is 0 Å². The van der Waals surface area contributed by atoms with Gasteiger partial charge >= 0.3 is 0 Å². The van der Waals surface area contributed by atoms with Gasteiger partial charge in [-0.15, -0.1) is 0 Å². The zero-order valence-corrected chi connectivity index (χ0v) is 9.80. The van der Waals surface area contributed by atoms with Gasteiger partial charge in [0.25, 0.3) is 0 Å². The van der Waals surface area contributed by atoms with E-state index >= 15 is 0 Å². The number of nitrogens with zero attached hydrogens (tertiary/aromatic N) is 1. The van der Waals surface area contributed by atoms with Crippen molar-refractivity contribution < 1.29 is 9.90 Å². The second-order valence-electron chi connectivity index (χ2n) is 4.47. The van der Waals surface area contributed by atoms with Gasteiger partial charge < -0.3 is 10.8 Å². The number of amides is 1. The zero-order chi connectivity index (χ0) is 12.3. The summed E-state index contributed by atoms with van der Waals surface area (Å²) in [6.45, 7) is 1.83. The Bertz CT molecular complexity index is 406. The Kier molecular flexibility index (Phi) is 3.76. The van der Waals surface area contributed by atoms with E-state index < -0.39 is 0 Å². The van der Waals surface area contributed by atoms with Crippen LogP contribution in [0.2, 0.25) is 0 Å². The molecule has 0 aliphatic carbocycles. The van der Waals surface area contributed by atoms with E-state index in [2.05, 4.69) is 4.90 Å². The molecule has 17 heavy (non-hydrogen) atoms. The van der Waals surface area contributed by atoms with Crippen molar-refractivity contribution in [3.63, 3.8) is 0 Å². The van der Waals surface area contributed by atoms with Gasteiger partial charge in [-0.1, -0.05) is 18.2 Å². The van der Waals surface area contributed by atoms with E-state index in [-0.39, 0.29) is 18.6 Å². The molecule has 3 N–H and O–H groups in total. The molecule has 1 saturated heterocycles. The van der Waals surface area contributed by atoms with Gasteiger partial charge in [0.05, 0.1) is 6.61 Å². The highest BCUT2D eigenvalue weighted by molar-refractivity contribution is 5.94. The zero-order valence-electron chi connectivity index (χ0n) is 9.80. The van der Waals surface area contributed by atoms with Crippen LogP contribution in [-0.2, 0) is 6.54 Å². The van der Waals surface area contributed by atoms with Crippen LogP contribution >= 0.6 is 0 Å². The lowest BCUT2D eigenvalue weighted by atomic mass is 10.1. The molecule has 0 spiro atoms. The fourth-order valence-corrected chi connectivity index (χ4v) is 2.43. The molecule has 0 aromatic heterocycles. The van der Waals surface area contributed by atoms with E-state index in [4.69, 9.17) is 5.73 Å². The number of aliphatic hydroxyl groups excluding tert-OH is 1. The summed E-state index contributed by atoms with van der Waals surface area (Å²) in [6.07, 6.45) is 2.12. The number of primary amides is 1. The van der Waals surface area contributed by atoms with Crippen molar-refractivity contribution >= 4 is 5.91 Å². The highest BCUT2D eigenvalue weighted by atomic mass is 16.3. The summed E-state index contributed by atoms with van der Waals surface area (Å²) in [5.41, 5.74) is 6.87. The summed E-state index contributed by atoms with van der Waals surface area (Å²) >= 11 is 0. The molecule has 1 amide bonds. The third kappa shape index (κ3) is 2.65. The number of nitrogens with two attached hydrogens (primary N) is 1. The molecule has 4 nitrogen and oxygen atoms in total. The molecule has 1 aromatic carbocycles. The maximum atomic E-state index is 11.3. The third-order valence-corrected chi connectivity index (χ3v) is 3.37. The first kappa shape index (κ1) is 12.1. The van der Waals surface area contributed by atoms with E-state index in [0.717, 1.165) is 24.9 Å². The monoisotopic (exact) mass is 234 g/mol. The van der Waals surface area contributed by atoms with Gasteiger partial charge in [-0.2, -0.15) is 0 Å².